The molecule has 1 unspecified atom stereocenters. The third-order valence-electron chi connectivity index (χ3n) is 1.25. The van der Waals surface area contributed by atoms with Crippen LogP contribution in [0, 0.1) is 0 Å². The molecular formula is C7H20N2. The van der Waals surface area contributed by atoms with Crippen molar-refractivity contribution in [1.82, 2.24) is 10.6 Å². The molecule has 0 spiro atoms. The summed E-state index contributed by atoms with van der Waals surface area (Å²) in [5.41, 5.74) is 0. The molecule has 1 aliphatic heterocycles. The van der Waals surface area contributed by atoms with Gasteiger partial charge in [-0.25, -0.2) is 0 Å². The van der Waals surface area contributed by atoms with Gasteiger partial charge >= 0.3 is 0 Å². The zero-order chi connectivity index (χ0) is 7.11. The van der Waals surface area contributed by atoms with Crippen molar-refractivity contribution in [3.8, 4) is 0 Å². The molecule has 1 rings (SSSR count). The van der Waals surface area contributed by atoms with E-state index in [1.165, 1.54) is 0 Å². The van der Waals surface area contributed by atoms with Gasteiger partial charge in [0.2, 0.25) is 0 Å². The highest BCUT2D eigenvalue weighted by molar-refractivity contribution is 4.69. The lowest BCUT2D eigenvalue weighted by Gasteiger charge is -2.19. The number of nitrogens with one attached hydrogen (secondary N) is 2. The lowest BCUT2D eigenvalue weighted by Crippen LogP contribution is -2.46. The molecule has 1 aliphatic rings. The SMILES string of the molecule is CC.CC1CNCCN1.[HH]. The van der Waals surface area contributed by atoms with Crippen LogP contribution < -0.4 is 10.6 Å². The first-order valence-corrected chi connectivity index (χ1v) is 3.83. The lowest BCUT2D eigenvalue weighted by molar-refractivity contribution is 0.442. The molecule has 0 aromatic carbocycles. The van der Waals surface area contributed by atoms with Crippen molar-refractivity contribution in [3.63, 3.8) is 0 Å². The molecule has 1 saturated heterocycles. The summed E-state index contributed by atoms with van der Waals surface area (Å²) in [7, 11) is 0. The molecule has 1 fully saturated rings. The molecule has 0 amide bonds. The Balaban J connectivity index is 0. The van der Waals surface area contributed by atoms with Crippen LogP contribution in [0.4, 0.5) is 0 Å². The minimum Gasteiger partial charge on any atom is -0.314 e. The first kappa shape index (κ1) is 8.92. The van der Waals surface area contributed by atoms with E-state index in [1.807, 2.05) is 13.8 Å². The Morgan fingerprint density at radius 3 is 2.22 bits per heavy atom. The van der Waals surface area contributed by atoms with E-state index in [4.69, 9.17) is 0 Å². The maximum atomic E-state index is 3.32. The van der Waals surface area contributed by atoms with E-state index < -0.39 is 0 Å². The average molecular weight is 132 g/mol. The van der Waals surface area contributed by atoms with Crippen LogP contribution in [0.5, 0.6) is 0 Å². The standard InChI is InChI=1S/C5H12N2.C2H6.H2/c1-5-4-6-2-3-7-5;1-2;/h5-7H,2-4H2,1H3;1-2H3;1H. The molecule has 2 N–H and O–H groups in total. The minimum atomic E-state index is 0. The monoisotopic (exact) mass is 132 g/mol. The number of hydrogen-bond donors (Lipinski definition) is 2. The molecular weight excluding hydrogens is 112 g/mol. The highest BCUT2D eigenvalue weighted by atomic mass is 15.0. The highest BCUT2D eigenvalue weighted by Crippen LogP contribution is 1.80. The molecule has 2 heteroatoms. The van der Waals surface area contributed by atoms with Gasteiger partial charge in [0.15, 0.2) is 0 Å². The number of hydrogen-bond acceptors (Lipinski definition) is 2. The molecule has 58 valence electrons. The van der Waals surface area contributed by atoms with E-state index in [1.54, 1.807) is 0 Å². The second kappa shape index (κ2) is 6.05. The fourth-order valence-corrected chi connectivity index (χ4v) is 0.798. The predicted octanol–water partition coefficient (Wildman–Crippen LogP) is 0.840. The molecule has 1 heterocycles. The fourth-order valence-electron chi connectivity index (χ4n) is 0.798. The van der Waals surface area contributed by atoms with Crippen molar-refractivity contribution < 1.29 is 1.43 Å². The van der Waals surface area contributed by atoms with E-state index in [0.717, 1.165) is 19.6 Å². The predicted molar refractivity (Wildman–Crippen MR) is 43.8 cm³/mol. The minimum absolute atomic E-state index is 0. The maximum Gasteiger partial charge on any atom is 0.0164 e. The van der Waals surface area contributed by atoms with Gasteiger partial charge in [-0.15, -0.1) is 0 Å². The van der Waals surface area contributed by atoms with Crippen LogP contribution in [0.15, 0.2) is 0 Å². The van der Waals surface area contributed by atoms with Gasteiger partial charge in [-0.05, 0) is 6.92 Å². The number of rotatable bonds is 0. The van der Waals surface area contributed by atoms with Gasteiger partial charge in [0.1, 0.15) is 0 Å². The summed E-state index contributed by atoms with van der Waals surface area (Å²) in [6.07, 6.45) is 0. The van der Waals surface area contributed by atoms with Crippen molar-refractivity contribution in [2.24, 2.45) is 0 Å². The summed E-state index contributed by atoms with van der Waals surface area (Å²) in [4.78, 5) is 0. The summed E-state index contributed by atoms with van der Waals surface area (Å²) in [6, 6.07) is 0.675. The normalized spacial score (nSPS) is 26.3. The van der Waals surface area contributed by atoms with Crippen LogP contribution in [0.25, 0.3) is 0 Å². The summed E-state index contributed by atoms with van der Waals surface area (Å²) in [5.74, 6) is 0. The summed E-state index contributed by atoms with van der Waals surface area (Å²) in [5, 5.41) is 6.59. The largest absolute Gasteiger partial charge is 0.314 e. The highest BCUT2D eigenvalue weighted by Gasteiger charge is 2.03. The molecule has 0 aromatic rings. The zero-order valence-electron chi connectivity index (χ0n) is 6.70. The first-order chi connectivity index (χ1) is 4.39. The maximum absolute atomic E-state index is 3.32. The van der Waals surface area contributed by atoms with Crippen molar-refractivity contribution in [1.29, 1.82) is 0 Å². The van der Waals surface area contributed by atoms with Crippen LogP contribution in [0.2, 0.25) is 0 Å². The quantitative estimate of drug-likeness (QED) is 0.510. The Labute approximate surface area is 59.5 Å². The molecule has 0 bridgehead atoms. The third-order valence-corrected chi connectivity index (χ3v) is 1.25. The first-order valence-electron chi connectivity index (χ1n) is 3.83. The zero-order valence-corrected chi connectivity index (χ0v) is 6.70. The second-order valence-electron chi connectivity index (χ2n) is 2.06. The molecule has 2 nitrogen and oxygen atoms in total. The van der Waals surface area contributed by atoms with Crippen molar-refractivity contribution >= 4 is 0 Å². The van der Waals surface area contributed by atoms with Crippen LogP contribution >= 0.6 is 0 Å². The Kier molecular flexibility index (Phi) is 5.99. The van der Waals surface area contributed by atoms with Gasteiger partial charge in [-0.3, -0.25) is 0 Å². The van der Waals surface area contributed by atoms with E-state index in [0.29, 0.717) is 6.04 Å². The van der Waals surface area contributed by atoms with Crippen molar-refractivity contribution in [3.05, 3.63) is 0 Å². The summed E-state index contributed by atoms with van der Waals surface area (Å²) in [6.45, 7) is 9.57. The Bertz CT molecular complexity index is 53.6. The van der Waals surface area contributed by atoms with Crippen LogP contribution in [0.1, 0.15) is 22.2 Å². The molecule has 0 aromatic heterocycles. The Morgan fingerprint density at radius 2 is 2.00 bits per heavy atom. The topological polar surface area (TPSA) is 24.1 Å². The van der Waals surface area contributed by atoms with Gasteiger partial charge in [-0.1, -0.05) is 13.8 Å². The van der Waals surface area contributed by atoms with E-state index in [2.05, 4.69) is 17.6 Å². The van der Waals surface area contributed by atoms with Gasteiger partial charge < -0.3 is 10.6 Å². The molecule has 1 atom stereocenters. The van der Waals surface area contributed by atoms with Gasteiger partial charge in [0, 0.05) is 27.1 Å². The smallest absolute Gasteiger partial charge is 0.0164 e. The lowest BCUT2D eigenvalue weighted by atomic mass is 10.3. The van der Waals surface area contributed by atoms with Crippen molar-refractivity contribution in [2.45, 2.75) is 26.8 Å². The van der Waals surface area contributed by atoms with Gasteiger partial charge in [0.05, 0.1) is 0 Å². The summed E-state index contributed by atoms with van der Waals surface area (Å²) >= 11 is 0. The number of piperazine rings is 1. The average Bonchev–Trinajstić information content (AvgIpc) is 1.94. The fraction of sp³-hybridized carbons (Fsp3) is 1.00. The van der Waals surface area contributed by atoms with E-state index in [9.17, 15) is 0 Å². The summed E-state index contributed by atoms with van der Waals surface area (Å²) < 4.78 is 0. The molecule has 9 heavy (non-hydrogen) atoms. The van der Waals surface area contributed by atoms with Crippen LogP contribution in [0.3, 0.4) is 0 Å². The van der Waals surface area contributed by atoms with E-state index in [-0.39, 0.29) is 1.43 Å². The second-order valence-corrected chi connectivity index (χ2v) is 2.06. The van der Waals surface area contributed by atoms with Crippen molar-refractivity contribution in [2.75, 3.05) is 19.6 Å². The Morgan fingerprint density at radius 1 is 1.33 bits per heavy atom. The molecule has 0 saturated carbocycles. The molecule has 0 aliphatic carbocycles. The van der Waals surface area contributed by atoms with Gasteiger partial charge in [-0.2, -0.15) is 0 Å². The van der Waals surface area contributed by atoms with Crippen LogP contribution in [-0.4, -0.2) is 25.7 Å². The van der Waals surface area contributed by atoms with Crippen LogP contribution in [-0.2, 0) is 0 Å². The van der Waals surface area contributed by atoms with Gasteiger partial charge in [0.25, 0.3) is 0 Å². The van der Waals surface area contributed by atoms with E-state index >= 15 is 0 Å². The third kappa shape index (κ3) is 4.43. The Hall–Kier alpha value is -0.0800. The molecule has 0 radical (unpaired) electrons.